The summed E-state index contributed by atoms with van der Waals surface area (Å²) in [6.07, 6.45) is 0.284. The largest absolute Gasteiger partial charge is 0.487 e. The summed E-state index contributed by atoms with van der Waals surface area (Å²) in [6, 6.07) is 4.20. The number of aryl methyl sites for hydroxylation is 1. The maximum absolute atomic E-state index is 14.0. The minimum Gasteiger partial charge on any atom is -0.487 e. The molecular weight excluding hydrogens is 343 g/mol. The molecule has 0 saturated carbocycles. The number of thiazole rings is 1. The second kappa shape index (κ2) is 5.77. The minimum absolute atomic E-state index is 0.0441. The summed E-state index contributed by atoms with van der Waals surface area (Å²) >= 11 is 1.38. The fourth-order valence-electron chi connectivity index (χ4n) is 3.27. The van der Waals surface area contributed by atoms with E-state index >= 15 is 0 Å². The molecule has 0 N–H and O–H groups in total. The molecule has 0 bridgehead atoms. The van der Waals surface area contributed by atoms with Crippen molar-refractivity contribution in [3.05, 3.63) is 62.3 Å². The maximum Gasteiger partial charge on any atom is 0.259 e. The second-order valence-corrected chi connectivity index (χ2v) is 7.07. The summed E-state index contributed by atoms with van der Waals surface area (Å²) in [7, 11) is 0. The van der Waals surface area contributed by atoms with Crippen molar-refractivity contribution in [1.29, 1.82) is 0 Å². The van der Waals surface area contributed by atoms with Crippen LogP contribution >= 0.6 is 11.3 Å². The van der Waals surface area contributed by atoms with Crippen molar-refractivity contribution in [2.24, 2.45) is 0 Å². The molecule has 1 aliphatic carbocycles. The van der Waals surface area contributed by atoms with Crippen LogP contribution in [0.3, 0.4) is 0 Å². The van der Waals surface area contributed by atoms with Gasteiger partial charge in [-0.1, -0.05) is 6.92 Å². The zero-order chi connectivity index (χ0) is 17.7. The molecule has 0 aliphatic heterocycles. The molecule has 0 amide bonds. The summed E-state index contributed by atoms with van der Waals surface area (Å²) in [6.45, 7) is 3.71. The van der Waals surface area contributed by atoms with Crippen LogP contribution < -0.4 is 10.3 Å². The molecule has 0 unspecified atom stereocenters. The van der Waals surface area contributed by atoms with Gasteiger partial charge in [-0.05, 0) is 25.0 Å². The zero-order valence-corrected chi connectivity index (χ0v) is 14.5. The van der Waals surface area contributed by atoms with Crippen molar-refractivity contribution in [3.8, 4) is 5.75 Å². The lowest BCUT2D eigenvalue weighted by Crippen LogP contribution is -2.16. The van der Waals surface area contributed by atoms with Gasteiger partial charge >= 0.3 is 0 Å². The molecule has 2 aromatic heterocycles. The predicted octanol–water partition coefficient (Wildman–Crippen LogP) is 3.47. The van der Waals surface area contributed by atoms with E-state index in [0.717, 1.165) is 5.69 Å². The number of nitrogens with zero attached hydrogens (tertiary/aromatic N) is 2. The van der Waals surface area contributed by atoms with Crippen LogP contribution in [-0.2, 0) is 6.61 Å². The lowest BCUT2D eigenvalue weighted by atomic mass is 10.0. The lowest BCUT2D eigenvalue weighted by molar-refractivity contribution is 0.0986. The van der Waals surface area contributed by atoms with E-state index in [9.17, 15) is 14.0 Å². The highest BCUT2D eigenvalue weighted by Gasteiger charge is 2.32. The fourth-order valence-corrected chi connectivity index (χ4v) is 4.16. The van der Waals surface area contributed by atoms with Crippen LogP contribution in [0.1, 0.15) is 46.6 Å². The van der Waals surface area contributed by atoms with Crippen LogP contribution in [0.4, 0.5) is 4.39 Å². The van der Waals surface area contributed by atoms with Crippen LogP contribution in [0.2, 0.25) is 0 Å². The Hall–Kier alpha value is -2.54. The van der Waals surface area contributed by atoms with Gasteiger partial charge in [-0.15, -0.1) is 11.3 Å². The van der Waals surface area contributed by atoms with Crippen LogP contribution in [-0.4, -0.2) is 15.2 Å². The van der Waals surface area contributed by atoms with Gasteiger partial charge in [0.2, 0.25) is 0 Å². The first-order valence-corrected chi connectivity index (χ1v) is 8.79. The average Bonchev–Trinajstić information content (AvgIpc) is 3.08. The maximum atomic E-state index is 14.0. The lowest BCUT2D eigenvalue weighted by Gasteiger charge is -2.11. The Bertz CT molecular complexity index is 1070. The molecule has 1 atom stereocenters. The first-order chi connectivity index (χ1) is 12.0. The Morgan fingerprint density at radius 2 is 2.20 bits per heavy atom. The van der Waals surface area contributed by atoms with Crippen LogP contribution in [0.15, 0.2) is 28.4 Å². The molecule has 128 valence electrons. The summed E-state index contributed by atoms with van der Waals surface area (Å²) < 4.78 is 21.3. The molecule has 1 aliphatic rings. The first-order valence-electron chi connectivity index (χ1n) is 7.91. The van der Waals surface area contributed by atoms with Crippen LogP contribution in [0, 0.1) is 12.7 Å². The van der Waals surface area contributed by atoms with Gasteiger partial charge in [-0.25, -0.2) is 9.37 Å². The predicted molar refractivity (Wildman–Crippen MR) is 92.2 cm³/mol. The Morgan fingerprint density at radius 3 is 3.00 bits per heavy atom. The first kappa shape index (κ1) is 16.0. The standard InChI is InChI=1S/C18H15FN2O3S/c1-9-5-13(22)17-14(4-3-12(19)16(9)17)24-7-11-6-15(23)21-10(2)8-25-18(21)20-11/h3-4,6,8-9H,5,7H2,1-2H3/t9-/m0/s1. The van der Waals surface area contributed by atoms with Gasteiger partial charge in [0.05, 0.1) is 11.3 Å². The Balaban J connectivity index is 1.67. The third kappa shape index (κ3) is 2.55. The molecular formula is C18H15FN2O3S. The number of fused-ring (bicyclic) bond motifs is 2. The highest BCUT2D eigenvalue weighted by Crippen LogP contribution is 2.39. The van der Waals surface area contributed by atoms with Crippen molar-refractivity contribution in [1.82, 2.24) is 9.38 Å². The van der Waals surface area contributed by atoms with Gasteiger partial charge in [0.15, 0.2) is 10.7 Å². The van der Waals surface area contributed by atoms with Crippen molar-refractivity contribution in [2.75, 3.05) is 0 Å². The van der Waals surface area contributed by atoms with E-state index < -0.39 is 0 Å². The number of hydrogen-bond donors (Lipinski definition) is 0. The number of Topliss-reactive ketones (excluding diaryl/α,β-unsaturated/α-hetero) is 1. The van der Waals surface area contributed by atoms with E-state index in [2.05, 4.69) is 4.98 Å². The fraction of sp³-hybridized carbons (Fsp3) is 0.278. The number of rotatable bonds is 3. The molecule has 25 heavy (non-hydrogen) atoms. The van der Waals surface area contributed by atoms with Crippen molar-refractivity contribution < 1.29 is 13.9 Å². The van der Waals surface area contributed by atoms with Gasteiger partial charge in [0, 0.05) is 29.1 Å². The van der Waals surface area contributed by atoms with Crippen molar-refractivity contribution in [2.45, 2.75) is 32.8 Å². The number of carbonyl (C=O) groups is 1. The number of carbonyl (C=O) groups excluding carboxylic acids is 1. The minimum atomic E-state index is -0.382. The van der Waals surface area contributed by atoms with Crippen molar-refractivity contribution >= 4 is 22.1 Å². The highest BCUT2D eigenvalue weighted by atomic mass is 32.1. The molecule has 0 saturated heterocycles. The SMILES string of the molecule is Cc1csc2nc(COc3ccc(F)c4c3C(=O)C[C@@H]4C)cc(=O)n12. The van der Waals surface area contributed by atoms with Gasteiger partial charge in [-0.3, -0.25) is 14.0 Å². The van der Waals surface area contributed by atoms with E-state index in [-0.39, 0.29) is 36.1 Å². The van der Waals surface area contributed by atoms with E-state index in [4.69, 9.17) is 4.74 Å². The number of ketones is 1. The summed E-state index contributed by atoms with van der Waals surface area (Å²) in [5.74, 6) is -0.309. The topological polar surface area (TPSA) is 60.7 Å². The molecule has 0 fully saturated rings. The summed E-state index contributed by atoms with van der Waals surface area (Å²) in [5.41, 5.74) is 1.87. The van der Waals surface area contributed by atoms with E-state index in [1.54, 1.807) is 0 Å². The molecule has 0 spiro atoms. The normalized spacial score (nSPS) is 16.4. The molecule has 4 rings (SSSR count). The summed E-state index contributed by atoms with van der Waals surface area (Å²) in [5, 5.41) is 1.86. The number of ether oxygens (including phenoxy) is 1. The van der Waals surface area contributed by atoms with E-state index in [1.165, 1.54) is 33.9 Å². The number of benzene rings is 1. The molecule has 3 aromatic rings. The Kier molecular flexibility index (Phi) is 3.68. The smallest absolute Gasteiger partial charge is 0.259 e. The molecule has 2 heterocycles. The van der Waals surface area contributed by atoms with Crippen molar-refractivity contribution in [3.63, 3.8) is 0 Å². The van der Waals surface area contributed by atoms with E-state index in [0.29, 0.717) is 27.5 Å². The monoisotopic (exact) mass is 358 g/mol. The Morgan fingerprint density at radius 1 is 1.40 bits per heavy atom. The number of hydrogen-bond acceptors (Lipinski definition) is 5. The van der Waals surface area contributed by atoms with E-state index in [1.807, 2.05) is 19.2 Å². The van der Waals surface area contributed by atoms with Crippen LogP contribution in [0.25, 0.3) is 4.96 Å². The average molecular weight is 358 g/mol. The van der Waals surface area contributed by atoms with Gasteiger partial charge < -0.3 is 4.74 Å². The van der Waals surface area contributed by atoms with Gasteiger partial charge in [-0.2, -0.15) is 0 Å². The zero-order valence-electron chi connectivity index (χ0n) is 13.7. The molecule has 5 nitrogen and oxygen atoms in total. The molecule has 7 heteroatoms. The molecule has 1 aromatic carbocycles. The third-order valence-electron chi connectivity index (χ3n) is 4.42. The Labute approximate surface area is 146 Å². The third-order valence-corrected chi connectivity index (χ3v) is 5.37. The number of halogens is 1. The van der Waals surface area contributed by atoms with Crippen LogP contribution in [0.5, 0.6) is 5.75 Å². The van der Waals surface area contributed by atoms with Gasteiger partial charge in [0.25, 0.3) is 5.56 Å². The second-order valence-electron chi connectivity index (χ2n) is 6.23. The molecule has 0 radical (unpaired) electrons. The number of aromatic nitrogens is 2. The quantitative estimate of drug-likeness (QED) is 0.719. The summed E-state index contributed by atoms with van der Waals surface area (Å²) in [4.78, 5) is 29.4. The van der Waals surface area contributed by atoms with Gasteiger partial charge in [0.1, 0.15) is 18.2 Å². The highest BCUT2D eigenvalue weighted by molar-refractivity contribution is 7.15.